The molecule has 1 aromatic carbocycles. The molecule has 29 heavy (non-hydrogen) atoms. The lowest BCUT2D eigenvalue weighted by molar-refractivity contribution is 0.0602. The van der Waals surface area contributed by atoms with E-state index in [0.717, 1.165) is 35.5 Å². The fraction of sp³-hybridized carbons (Fsp3) is 0.724. The second kappa shape index (κ2) is 8.60. The molecular weight excluding hydrogens is 348 g/mol. The standard InChI is InChI=1S/C29H42/c1-2-3-21-29(23-15-7-8-16-23,22-13-5-4-6-14-22)28-26-19-11-9-17-24(26)25-18-10-12-20-27(25)28/h2,4-6,13-14,23-28H,1,3,7-12,15-21H2. The molecule has 0 bridgehead atoms. The number of hydrogen-bond acceptors (Lipinski definition) is 0. The summed E-state index contributed by atoms with van der Waals surface area (Å²) in [6.45, 7) is 4.17. The third-order valence-corrected chi connectivity index (χ3v) is 9.97. The van der Waals surface area contributed by atoms with Crippen molar-refractivity contribution in [2.75, 3.05) is 0 Å². The lowest BCUT2D eigenvalue weighted by atomic mass is 9.53. The van der Waals surface area contributed by atoms with Crippen molar-refractivity contribution in [2.45, 2.75) is 95.3 Å². The topological polar surface area (TPSA) is 0 Å². The summed E-state index contributed by atoms with van der Waals surface area (Å²) in [4.78, 5) is 0. The Labute approximate surface area is 179 Å². The highest BCUT2D eigenvalue weighted by atomic mass is 14.6. The van der Waals surface area contributed by atoms with E-state index < -0.39 is 0 Å². The van der Waals surface area contributed by atoms with E-state index in [0.29, 0.717) is 5.41 Å². The molecule has 0 spiro atoms. The van der Waals surface area contributed by atoms with Crippen molar-refractivity contribution in [3.05, 3.63) is 48.6 Å². The molecule has 1 aromatic rings. The van der Waals surface area contributed by atoms with Gasteiger partial charge in [-0.05, 0) is 92.4 Å². The van der Waals surface area contributed by atoms with Gasteiger partial charge in [0.2, 0.25) is 0 Å². The summed E-state index contributed by atoms with van der Waals surface area (Å²) in [6, 6.07) is 11.9. The highest BCUT2D eigenvalue weighted by Gasteiger charge is 2.60. The molecule has 158 valence electrons. The van der Waals surface area contributed by atoms with Gasteiger partial charge >= 0.3 is 0 Å². The number of fused-ring (bicyclic) bond motifs is 3. The van der Waals surface area contributed by atoms with E-state index >= 15 is 0 Å². The maximum atomic E-state index is 4.17. The van der Waals surface area contributed by atoms with E-state index in [1.807, 2.05) is 0 Å². The lowest BCUT2D eigenvalue weighted by Gasteiger charge is -2.51. The van der Waals surface area contributed by atoms with E-state index in [4.69, 9.17) is 0 Å². The first kappa shape index (κ1) is 19.9. The van der Waals surface area contributed by atoms with Crippen molar-refractivity contribution in [2.24, 2.45) is 35.5 Å². The second-order valence-corrected chi connectivity index (χ2v) is 11.0. The minimum atomic E-state index is 0.406. The largest absolute Gasteiger partial charge is 0.103 e. The Morgan fingerprint density at radius 1 is 0.724 bits per heavy atom. The Morgan fingerprint density at radius 3 is 1.79 bits per heavy atom. The number of benzene rings is 1. The van der Waals surface area contributed by atoms with Gasteiger partial charge in [0.05, 0.1) is 0 Å². The Kier molecular flexibility index (Phi) is 5.90. The summed E-state index contributed by atoms with van der Waals surface area (Å²) in [5.74, 6) is 5.94. The average Bonchev–Trinajstić information content (AvgIpc) is 3.43. The number of hydrogen-bond donors (Lipinski definition) is 0. The minimum absolute atomic E-state index is 0.406. The van der Waals surface area contributed by atoms with E-state index in [-0.39, 0.29) is 0 Å². The van der Waals surface area contributed by atoms with Crippen LogP contribution in [0.3, 0.4) is 0 Å². The third kappa shape index (κ3) is 3.34. The van der Waals surface area contributed by atoms with E-state index in [2.05, 4.69) is 43.0 Å². The van der Waals surface area contributed by atoms with Crippen LogP contribution in [-0.4, -0.2) is 0 Å². The molecular formula is C29H42. The van der Waals surface area contributed by atoms with Gasteiger partial charge in [-0.2, -0.15) is 0 Å². The summed E-state index contributed by atoms with van der Waals surface area (Å²) in [7, 11) is 0. The fourth-order valence-corrected chi connectivity index (χ4v) is 9.16. The molecule has 5 rings (SSSR count). The smallest absolute Gasteiger partial charge is 0.00179 e. The fourth-order valence-electron chi connectivity index (χ4n) is 9.16. The zero-order chi connectivity index (χ0) is 19.7. The highest BCUT2D eigenvalue weighted by molar-refractivity contribution is 5.31. The van der Waals surface area contributed by atoms with Gasteiger partial charge in [-0.25, -0.2) is 0 Å². The van der Waals surface area contributed by atoms with Crippen LogP contribution in [0.15, 0.2) is 43.0 Å². The van der Waals surface area contributed by atoms with Gasteiger partial charge in [-0.3, -0.25) is 0 Å². The molecule has 4 aliphatic rings. The normalized spacial score (nSPS) is 36.9. The van der Waals surface area contributed by atoms with Crippen LogP contribution < -0.4 is 0 Å². The first-order chi connectivity index (χ1) is 14.4. The zero-order valence-corrected chi connectivity index (χ0v) is 18.5. The van der Waals surface area contributed by atoms with Gasteiger partial charge in [0.15, 0.2) is 0 Å². The van der Waals surface area contributed by atoms with Gasteiger partial charge in [-0.15, -0.1) is 6.58 Å². The first-order valence-electron chi connectivity index (χ1n) is 13.0. The Morgan fingerprint density at radius 2 is 1.24 bits per heavy atom. The summed E-state index contributed by atoms with van der Waals surface area (Å²) >= 11 is 0. The van der Waals surface area contributed by atoms with Crippen molar-refractivity contribution in [3.8, 4) is 0 Å². The van der Waals surface area contributed by atoms with Crippen LogP contribution in [-0.2, 0) is 5.41 Å². The Bertz CT molecular complexity index is 647. The van der Waals surface area contributed by atoms with Crippen molar-refractivity contribution in [1.82, 2.24) is 0 Å². The minimum Gasteiger partial charge on any atom is -0.103 e. The van der Waals surface area contributed by atoms with Gasteiger partial charge in [0.25, 0.3) is 0 Å². The SMILES string of the molecule is C=CCCC(c1ccccc1)(C1CCCC1)C1C2CCCCC2C2CCCCC21. The molecule has 0 nitrogen and oxygen atoms in total. The van der Waals surface area contributed by atoms with Gasteiger partial charge in [-0.1, -0.05) is 74.9 Å². The molecule has 0 radical (unpaired) electrons. The summed E-state index contributed by atoms with van der Waals surface area (Å²) in [5, 5.41) is 0. The molecule has 0 N–H and O–H groups in total. The average molecular weight is 391 g/mol. The van der Waals surface area contributed by atoms with E-state index in [1.165, 1.54) is 77.0 Å². The summed E-state index contributed by atoms with van der Waals surface area (Å²) in [6.07, 6.45) is 22.8. The van der Waals surface area contributed by atoms with Gasteiger partial charge < -0.3 is 0 Å². The van der Waals surface area contributed by atoms with Crippen molar-refractivity contribution < 1.29 is 0 Å². The molecule has 4 fully saturated rings. The van der Waals surface area contributed by atoms with Gasteiger partial charge in [0, 0.05) is 5.41 Å². The molecule has 0 amide bonds. The maximum absolute atomic E-state index is 4.17. The predicted octanol–water partition coefficient (Wildman–Crippen LogP) is 8.32. The maximum Gasteiger partial charge on any atom is 0.00179 e. The second-order valence-electron chi connectivity index (χ2n) is 11.0. The van der Waals surface area contributed by atoms with Crippen LogP contribution in [0.5, 0.6) is 0 Å². The quantitative estimate of drug-likeness (QED) is 0.428. The summed E-state index contributed by atoms with van der Waals surface area (Å²) in [5.41, 5.74) is 2.11. The molecule has 0 saturated heterocycles. The van der Waals surface area contributed by atoms with Crippen molar-refractivity contribution in [1.29, 1.82) is 0 Å². The molecule has 0 aromatic heterocycles. The monoisotopic (exact) mass is 390 g/mol. The van der Waals surface area contributed by atoms with Crippen LogP contribution in [0.4, 0.5) is 0 Å². The molecule has 4 saturated carbocycles. The third-order valence-electron chi connectivity index (χ3n) is 9.97. The van der Waals surface area contributed by atoms with Crippen molar-refractivity contribution >= 4 is 0 Å². The Hall–Kier alpha value is -1.04. The van der Waals surface area contributed by atoms with Crippen molar-refractivity contribution in [3.63, 3.8) is 0 Å². The molecule has 5 unspecified atom stereocenters. The zero-order valence-electron chi connectivity index (χ0n) is 18.5. The van der Waals surface area contributed by atoms with Crippen LogP contribution in [0.2, 0.25) is 0 Å². The van der Waals surface area contributed by atoms with Crippen LogP contribution in [0.1, 0.15) is 95.5 Å². The van der Waals surface area contributed by atoms with E-state index in [1.54, 1.807) is 18.4 Å². The predicted molar refractivity (Wildman–Crippen MR) is 124 cm³/mol. The highest BCUT2D eigenvalue weighted by Crippen LogP contribution is 2.66. The molecule has 0 heteroatoms. The molecule has 4 aliphatic carbocycles. The van der Waals surface area contributed by atoms with Crippen LogP contribution in [0, 0.1) is 35.5 Å². The summed E-state index contributed by atoms with van der Waals surface area (Å²) < 4.78 is 0. The van der Waals surface area contributed by atoms with Gasteiger partial charge in [0.1, 0.15) is 0 Å². The number of rotatable bonds is 6. The number of allylic oxidation sites excluding steroid dienone is 1. The first-order valence-corrected chi connectivity index (χ1v) is 13.0. The van der Waals surface area contributed by atoms with Crippen LogP contribution in [0.25, 0.3) is 0 Å². The molecule has 5 atom stereocenters. The molecule has 0 aliphatic heterocycles. The Balaban J connectivity index is 1.65. The van der Waals surface area contributed by atoms with Crippen LogP contribution >= 0.6 is 0 Å². The van der Waals surface area contributed by atoms with E-state index in [9.17, 15) is 0 Å². The molecule has 0 heterocycles. The lowest BCUT2D eigenvalue weighted by Crippen LogP contribution is -2.47.